The molecule has 2 aromatic rings. The smallest absolute Gasteiger partial charge is 0.140 e. The summed E-state index contributed by atoms with van der Waals surface area (Å²) in [5.74, 6) is 0.599. The zero-order valence-corrected chi connectivity index (χ0v) is 10.3. The molecule has 2 aromatic heterocycles. The monoisotopic (exact) mass is 250 g/mol. The molecule has 0 radical (unpaired) electrons. The molecule has 0 aliphatic heterocycles. The summed E-state index contributed by atoms with van der Waals surface area (Å²) in [6, 6.07) is 7.83. The number of thiophene rings is 1. The number of hydrogen-bond donors (Lipinski definition) is 0. The van der Waals surface area contributed by atoms with E-state index in [9.17, 15) is 4.79 Å². The lowest BCUT2D eigenvalue weighted by Crippen LogP contribution is -1.95. The van der Waals surface area contributed by atoms with Crippen molar-refractivity contribution < 1.29 is 4.79 Å². The predicted octanol–water partition coefficient (Wildman–Crippen LogP) is 2.89. The van der Waals surface area contributed by atoms with Crippen LogP contribution in [0, 0.1) is 0 Å². The van der Waals surface area contributed by atoms with Crippen LogP contribution in [-0.2, 0) is 4.79 Å². The lowest BCUT2D eigenvalue weighted by molar-refractivity contribution is -0.114. The number of carbonyl (C=O) groups excluding carboxylic acids is 1. The highest BCUT2D eigenvalue weighted by molar-refractivity contribution is 7.99. The van der Waals surface area contributed by atoms with Gasteiger partial charge in [-0.25, -0.2) is 0 Å². The van der Waals surface area contributed by atoms with Gasteiger partial charge in [0.1, 0.15) is 16.5 Å². The van der Waals surface area contributed by atoms with Crippen LogP contribution in [0.1, 0.15) is 6.92 Å². The Morgan fingerprint density at radius 1 is 1.38 bits per heavy atom. The highest BCUT2D eigenvalue weighted by atomic mass is 32.2. The SMILES string of the molecule is CC(=O)CSc1ccc(-c2cccs2)nn1. The number of thioether (sulfide) groups is 1. The van der Waals surface area contributed by atoms with Crippen molar-refractivity contribution in [2.45, 2.75) is 11.9 Å². The van der Waals surface area contributed by atoms with Crippen molar-refractivity contribution in [3.05, 3.63) is 29.6 Å². The van der Waals surface area contributed by atoms with Crippen molar-refractivity contribution in [2.75, 3.05) is 5.75 Å². The third-order valence-corrected chi connectivity index (χ3v) is 3.79. The van der Waals surface area contributed by atoms with Gasteiger partial charge in [-0.15, -0.1) is 21.5 Å². The van der Waals surface area contributed by atoms with Gasteiger partial charge < -0.3 is 0 Å². The highest BCUT2D eigenvalue weighted by Crippen LogP contribution is 2.23. The van der Waals surface area contributed by atoms with Gasteiger partial charge in [-0.2, -0.15) is 0 Å². The van der Waals surface area contributed by atoms with Crippen molar-refractivity contribution in [3.8, 4) is 10.6 Å². The molecule has 16 heavy (non-hydrogen) atoms. The summed E-state index contributed by atoms with van der Waals surface area (Å²) in [5, 5.41) is 11.0. The Balaban J connectivity index is 2.08. The van der Waals surface area contributed by atoms with Crippen LogP contribution < -0.4 is 0 Å². The third-order valence-electron chi connectivity index (χ3n) is 1.84. The van der Waals surface area contributed by atoms with Crippen LogP contribution in [-0.4, -0.2) is 21.7 Å². The summed E-state index contributed by atoms with van der Waals surface area (Å²) < 4.78 is 0. The molecule has 0 atom stereocenters. The van der Waals surface area contributed by atoms with Crippen molar-refractivity contribution >= 4 is 28.9 Å². The molecule has 0 saturated heterocycles. The highest BCUT2D eigenvalue weighted by Gasteiger charge is 2.03. The first-order valence-electron chi connectivity index (χ1n) is 4.75. The molecule has 2 heterocycles. The lowest BCUT2D eigenvalue weighted by Gasteiger charge is -1.98. The average Bonchev–Trinajstić information content (AvgIpc) is 2.80. The summed E-state index contributed by atoms with van der Waals surface area (Å²) in [7, 11) is 0. The maximum absolute atomic E-state index is 10.8. The molecule has 0 fully saturated rings. The fraction of sp³-hybridized carbons (Fsp3) is 0.182. The largest absolute Gasteiger partial charge is 0.299 e. The van der Waals surface area contributed by atoms with Crippen LogP contribution in [0.15, 0.2) is 34.7 Å². The number of hydrogen-bond acceptors (Lipinski definition) is 5. The molecule has 3 nitrogen and oxygen atoms in total. The van der Waals surface area contributed by atoms with Gasteiger partial charge in [0, 0.05) is 0 Å². The zero-order chi connectivity index (χ0) is 11.4. The van der Waals surface area contributed by atoms with Gasteiger partial charge in [0.05, 0.1) is 10.6 Å². The van der Waals surface area contributed by atoms with Crippen molar-refractivity contribution in [1.82, 2.24) is 10.2 Å². The molecule has 0 aliphatic carbocycles. The topological polar surface area (TPSA) is 42.9 Å². The second-order valence-electron chi connectivity index (χ2n) is 3.22. The van der Waals surface area contributed by atoms with Crippen LogP contribution in [0.5, 0.6) is 0 Å². The van der Waals surface area contributed by atoms with Gasteiger partial charge in [-0.1, -0.05) is 17.8 Å². The Kier molecular flexibility index (Phi) is 3.69. The van der Waals surface area contributed by atoms with Crippen LogP contribution in [0.2, 0.25) is 0 Å². The quantitative estimate of drug-likeness (QED) is 0.783. The van der Waals surface area contributed by atoms with E-state index in [1.165, 1.54) is 11.8 Å². The first kappa shape index (κ1) is 11.3. The summed E-state index contributed by atoms with van der Waals surface area (Å²) in [6.07, 6.45) is 0. The molecule has 0 N–H and O–H groups in total. The second-order valence-corrected chi connectivity index (χ2v) is 5.17. The molecule has 0 spiro atoms. The Morgan fingerprint density at radius 3 is 2.81 bits per heavy atom. The van der Waals surface area contributed by atoms with Gasteiger partial charge in [-0.3, -0.25) is 4.79 Å². The fourth-order valence-electron chi connectivity index (χ4n) is 1.13. The van der Waals surface area contributed by atoms with E-state index < -0.39 is 0 Å². The molecule has 0 aliphatic rings. The van der Waals surface area contributed by atoms with Gasteiger partial charge in [0.15, 0.2) is 0 Å². The zero-order valence-electron chi connectivity index (χ0n) is 8.71. The van der Waals surface area contributed by atoms with E-state index in [1.54, 1.807) is 18.3 Å². The molecular formula is C11H10N2OS2. The van der Waals surface area contributed by atoms with Crippen molar-refractivity contribution in [1.29, 1.82) is 0 Å². The normalized spacial score (nSPS) is 10.3. The molecule has 0 amide bonds. The molecule has 5 heteroatoms. The molecular weight excluding hydrogens is 240 g/mol. The number of nitrogens with zero attached hydrogens (tertiary/aromatic N) is 2. The van der Waals surface area contributed by atoms with Crippen molar-refractivity contribution in [2.24, 2.45) is 0 Å². The van der Waals surface area contributed by atoms with Crippen LogP contribution in [0.4, 0.5) is 0 Å². The molecule has 0 saturated carbocycles. The molecule has 0 bridgehead atoms. The summed E-state index contributed by atoms with van der Waals surface area (Å²) >= 11 is 3.05. The molecule has 0 aromatic carbocycles. The molecule has 2 rings (SSSR count). The average molecular weight is 250 g/mol. The minimum atomic E-state index is 0.147. The van der Waals surface area contributed by atoms with E-state index in [2.05, 4.69) is 10.2 Å². The van der Waals surface area contributed by atoms with Crippen LogP contribution in [0.3, 0.4) is 0 Å². The van der Waals surface area contributed by atoms with E-state index in [1.807, 2.05) is 29.6 Å². The van der Waals surface area contributed by atoms with Gasteiger partial charge in [0.2, 0.25) is 0 Å². The summed E-state index contributed by atoms with van der Waals surface area (Å²) in [5.41, 5.74) is 0.877. The number of ketones is 1. The van der Waals surface area contributed by atoms with Crippen LogP contribution >= 0.6 is 23.1 Å². The van der Waals surface area contributed by atoms with E-state index in [0.717, 1.165) is 15.6 Å². The number of aromatic nitrogens is 2. The maximum Gasteiger partial charge on any atom is 0.140 e. The van der Waals surface area contributed by atoms with Gasteiger partial charge in [0.25, 0.3) is 0 Å². The Bertz CT molecular complexity index is 465. The predicted molar refractivity (Wildman–Crippen MR) is 66.8 cm³/mol. The lowest BCUT2D eigenvalue weighted by atomic mass is 10.3. The minimum Gasteiger partial charge on any atom is -0.299 e. The van der Waals surface area contributed by atoms with Crippen molar-refractivity contribution in [3.63, 3.8) is 0 Å². The summed E-state index contributed by atoms with van der Waals surface area (Å²) in [4.78, 5) is 11.9. The van der Waals surface area contributed by atoms with Gasteiger partial charge in [-0.05, 0) is 30.5 Å². The fourth-order valence-corrected chi connectivity index (χ4v) is 2.43. The standard InChI is InChI=1S/C11H10N2OS2/c1-8(14)7-16-11-5-4-9(12-13-11)10-3-2-6-15-10/h2-6H,7H2,1H3. The second kappa shape index (κ2) is 5.23. The third kappa shape index (κ3) is 2.90. The summed E-state index contributed by atoms with van der Waals surface area (Å²) in [6.45, 7) is 1.57. The molecule has 82 valence electrons. The Morgan fingerprint density at radius 2 is 2.25 bits per heavy atom. The Labute approximate surface area is 102 Å². The first-order valence-corrected chi connectivity index (χ1v) is 6.62. The number of carbonyl (C=O) groups is 1. The van der Waals surface area contributed by atoms with Crippen LogP contribution in [0.25, 0.3) is 10.6 Å². The minimum absolute atomic E-state index is 0.147. The number of Topliss-reactive ketones (excluding diaryl/α,β-unsaturated/α-hetero) is 1. The van der Waals surface area contributed by atoms with E-state index in [0.29, 0.717) is 5.75 Å². The Hall–Kier alpha value is -1.20. The van der Waals surface area contributed by atoms with E-state index in [-0.39, 0.29) is 5.78 Å². The number of rotatable bonds is 4. The van der Waals surface area contributed by atoms with E-state index in [4.69, 9.17) is 0 Å². The maximum atomic E-state index is 10.8. The van der Waals surface area contributed by atoms with Gasteiger partial charge >= 0.3 is 0 Å². The first-order chi connectivity index (χ1) is 7.75. The van der Waals surface area contributed by atoms with E-state index >= 15 is 0 Å². The molecule has 0 unspecified atom stereocenters.